The number of ether oxygens (including phenoxy) is 3. The first-order valence-electron chi connectivity index (χ1n) is 7.56. The van der Waals surface area contributed by atoms with E-state index in [4.69, 9.17) is 25.8 Å². The van der Waals surface area contributed by atoms with Gasteiger partial charge in [0.05, 0.1) is 26.9 Å². The highest BCUT2D eigenvalue weighted by molar-refractivity contribution is 7.92. The second-order valence-corrected chi connectivity index (χ2v) is 8.52. The molecule has 2 N–H and O–H groups in total. The zero-order chi connectivity index (χ0) is 21.7. The molecule has 0 atom stereocenters. The molecular formula is C14H15ClF2N4O6S2. The van der Waals surface area contributed by atoms with Gasteiger partial charge in [0.1, 0.15) is 10.8 Å². The highest BCUT2D eigenvalue weighted by Crippen LogP contribution is 2.25. The van der Waals surface area contributed by atoms with Crippen LogP contribution in [0.5, 0.6) is 11.8 Å². The highest BCUT2D eigenvalue weighted by atomic mass is 35.5. The van der Waals surface area contributed by atoms with Crippen LogP contribution in [0.15, 0.2) is 21.7 Å². The summed E-state index contributed by atoms with van der Waals surface area (Å²) in [6.07, 6.45) is 0. The summed E-state index contributed by atoms with van der Waals surface area (Å²) in [4.78, 5) is 19.7. The summed E-state index contributed by atoms with van der Waals surface area (Å²) in [5.74, 6) is -0.124. The molecule has 0 aromatic carbocycles. The third kappa shape index (κ3) is 6.92. The fourth-order valence-corrected chi connectivity index (χ4v) is 4.28. The fraction of sp³-hybridized carbons (Fsp3) is 0.357. The topological polar surface area (TPSA) is 129 Å². The van der Waals surface area contributed by atoms with Crippen molar-refractivity contribution in [3.63, 3.8) is 0 Å². The number of hydrogen-bond donors (Lipinski definition) is 2. The van der Waals surface area contributed by atoms with Gasteiger partial charge < -0.3 is 14.2 Å². The average Bonchev–Trinajstić information content (AvgIpc) is 3.09. The number of aromatic nitrogens is 2. The maximum atomic E-state index is 12.6. The van der Waals surface area contributed by atoms with Crippen molar-refractivity contribution in [1.82, 2.24) is 14.7 Å². The number of methoxy groups -OCH3 is 2. The van der Waals surface area contributed by atoms with Crippen LogP contribution in [0.1, 0.15) is 5.56 Å². The monoisotopic (exact) mass is 472 g/mol. The quantitative estimate of drug-likeness (QED) is 0.532. The van der Waals surface area contributed by atoms with E-state index in [1.807, 2.05) is 0 Å². The lowest BCUT2D eigenvalue weighted by molar-refractivity contribution is -0.0206. The molecule has 0 saturated carbocycles. The number of alkyl halides is 3. The number of rotatable bonds is 9. The molecule has 0 bridgehead atoms. The van der Waals surface area contributed by atoms with Gasteiger partial charge in [0, 0.05) is 5.56 Å². The Morgan fingerprint density at radius 1 is 1.28 bits per heavy atom. The van der Waals surface area contributed by atoms with E-state index in [-0.39, 0.29) is 27.5 Å². The number of carbonyl (C=O) groups excluding carboxylic acids is 1. The van der Waals surface area contributed by atoms with Crippen LogP contribution >= 0.6 is 22.9 Å². The van der Waals surface area contributed by atoms with Gasteiger partial charge in [0.2, 0.25) is 17.7 Å². The van der Waals surface area contributed by atoms with Crippen molar-refractivity contribution in [3.05, 3.63) is 23.1 Å². The molecule has 2 amide bonds. The van der Waals surface area contributed by atoms with Crippen molar-refractivity contribution in [3.8, 4) is 11.8 Å². The molecule has 0 saturated heterocycles. The van der Waals surface area contributed by atoms with E-state index in [0.717, 1.165) is 11.3 Å². The third-order valence-corrected chi connectivity index (χ3v) is 6.03. The smallest absolute Gasteiger partial charge is 0.344 e. The zero-order valence-corrected chi connectivity index (χ0v) is 17.3. The second kappa shape index (κ2) is 9.47. The van der Waals surface area contributed by atoms with Crippen LogP contribution in [0.3, 0.4) is 0 Å². The number of amides is 2. The van der Waals surface area contributed by atoms with Crippen LogP contribution in [0.2, 0.25) is 0 Å². The van der Waals surface area contributed by atoms with E-state index in [2.05, 4.69) is 15.3 Å². The Labute approximate surface area is 173 Å². The molecule has 2 aromatic rings. The van der Waals surface area contributed by atoms with Gasteiger partial charge in [-0.2, -0.15) is 18.7 Å². The molecule has 2 rings (SSSR count). The van der Waals surface area contributed by atoms with E-state index in [1.54, 1.807) is 4.72 Å². The zero-order valence-electron chi connectivity index (χ0n) is 14.9. The van der Waals surface area contributed by atoms with Crippen molar-refractivity contribution in [2.75, 3.05) is 26.1 Å². The largest absolute Gasteiger partial charge is 0.481 e. The number of nitrogens with one attached hydrogen (secondary N) is 2. The molecule has 10 nitrogen and oxygen atoms in total. The SMILES string of the molecule is COc1cc(OC)nc(NC(=O)NS(=O)(=O)c2sccc2COCC(F)(F)Cl)n1. The molecule has 0 fully saturated rings. The summed E-state index contributed by atoms with van der Waals surface area (Å²) in [5, 5.41) is -0.0383. The van der Waals surface area contributed by atoms with Crippen LogP contribution in [-0.2, 0) is 21.4 Å². The number of thiophene rings is 1. The maximum Gasteiger partial charge on any atom is 0.344 e. The minimum absolute atomic E-state index is 0.0730. The Kier molecular flexibility index (Phi) is 7.51. The molecule has 0 radical (unpaired) electrons. The van der Waals surface area contributed by atoms with E-state index in [0.29, 0.717) is 0 Å². The summed E-state index contributed by atoms with van der Waals surface area (Å²) in [5.41, 5.74) is 0.0792. The van der Waals surface area contributed by atoms with Gasteiger partial charge in [-0.15, -0.1) is 11.3 Å². The molecule has 2 heterocycles. The molecular weight excluding hydrogens is 458 g/mol. The third-order valence-electron chi connectivity index (χ3n) is 3.02. The van der Waals surface area contributed by atoms with E-state index in [1.165, 1.54) is 31.7 Å². The Morgan fingerprint density at radius 3 is 2.45 bits per heavy atom. The minimum Gasteiger partial charge on any atom is -0.481 e. The summed E-state index contributed by atoms with van der Waals surface area (Å²) in [7, 11) is -1.67. The van der Waals surface area contributed by atoms with Crippen LogP contribution in [0.25, 0.3) is 0 Å². The van der Waals surface area contributed by atoms with Crippen molar-refractivity contribution < 1.29 is 36.2 Å². The Bertz CT molecular complexity index is 945. The lowest BCUT2D eigenvalue weighted by Crippen LogP contribution is -2.35. The molecule has 29 heavy (non-hydrogen) atoms. The number of halogens is 3. The maximum absolute atomic E-state index is 12.6. The van der Waals surface area contributed by atoms with E-state index >= 15 is 0 Å². The van der Waals surface area contributed by atoms with E-state index < -0.39 is 34.6 Å². The fourth-order valence-electron chi connectivity index (χ4n) is 1.91. The van der Waals surface area contributed by atoms with Crippen LogP contribution in [0.4, 0.5) is 19.5 Å². The lowest BCUT2D eigenvalue weighted by Gasteiger charge is -2.11. The summed E-state index contributed by atoms with van der Waals surface area (Å²) < 4.78 is 66.1. The molecule has 2 aromatic heterocycles. The standard InChI is InChI=1S/C14H15ClF2N4O6S2/c1-25-9-5-10(26-2)19-12(18-9)20-13(22)21-29(23,24)11-8(3-4-28-11)6-27-7-14(15,16)17/h3-5H,6-7H2,1-2H3,(H2,18,19,20,21,22). The molecule has 0 unspecified atom stereocenters. The van der Waals surface area contributed by atoms with Gasteiger partial charge in [-0.3, -0.25) is 5.32 Å². The number of carbonyl (C=O) groups is 1. The lowest BCUT2D eigenvalue weighted by atomic mass is 10.4. The van der Waals surface area contributed by atoms with E-state index in [9.17, 15) is 22.0 Å². The summed E-state index contributed by atoms with van der Waals surface area (Å²) in [6.45, 7) is -1.55. The Morgan fingerprint density at radius 2 is 1.90 bits per heavy atom. The van der Waals surface area contributed by atoms with Crippen molar-refractivity contribution in [2.24, 2.45) is 0 Å². The van der Waals surface area contributed by atoms with Crippen LogP contribution in [-0.4, -0.2) is 50.6 Å². The first-order chi connectivity index (χ1) is 13.5. The van der Waals surface area contributed by atoms with Gasteiger partial charge in [0.15, 0.2) is 0 Å². The number of anilines is 1. The van der Waals surface area contributed by atoms with Crippen molar-refractivity contribution in [2.45, 2.75) is 16.2 Å². The minimum atomic E-state index is -4.33. The van der Waals surface area contributed by atoms with Gasteiger partial charge in [0.25, 0.3) is 10.0 Å². The second-order valence-electron chi connectivity index (χ2n) is 5.18. The first-order valence-corrected chi connectivity index (χ1v) is 10.3. The van der Waals surface area contributed by atoms with Gasteiger partial charge in [-0.25, -0.2) is 17.9 Å². The van der Waals surface area contributed by atoms with Gasteiger partial charge in [-0.05, 0) is 23.0 Å². The first kappa shape index (κ1) is 23.0. The Hall–Kier alpha value is -2.29. The number of sulfonamides is 1. The predicted octanol–water partition coefficient (Wildman–Crippen LogP) is 2.41. The number of urea groups is 1. The molecule has 0 aliphatic rings. The summed E-state index contributed by atoms with van der Waals surface area (Å²) in [6, 6.07) is 1.55. The molecule has 0 aliphatic heterocycles. The highest BCUT2D eigenvalue weighted by Gasteiger charge is 2.27. The average molecular weight is 473 g/mol. The Balaban J connectivity index is 2.08. The summed E-state index contributed by atoms with van der Waals surface area (Å²) >= 11 is 5.50. The van der Waals surface area contributed by atoms with Crippen LogP contribution < -0.4 is 19.5 Å². The van der Waals surface area contributed by atoms with Gasteiger partial charge in [-0.1, -0.05) is 0 Å². The van der Waals surface area contributed by atoms with Crippen molar-refractivity contribution >= 4 is 44.9 Å². The molecule has 160 valence electrons. The van der Waals surface area contributed by atoms with Crippen molar-refractivity contribution in [1.29, 1.82) is 0 Å². The van der Waals surface area contributed by atoms with Gasteiger partial charge >= 0.3 is 11.4 Å². The number of nitrogens with zero attached hydrogens (tertiary/aromatic N) is 2. The normalized spacial score (nSPS) is 11.8. The molecule has 15 heteroatoms. The molecule has 0 aliphatic carbocycles. The predicted molar refractivity (Wildman–Crippen MR) is 99.3 cm³/mol. The molecule has 0 spiro atoms. The van der Waals surface area contributed by atoms with Crippen LogP contribution in [0, 0.1) is 0 Å². The number of hydrogen-bond acceptors (Lipinski definition) is 9.